The molecular weight excluding hydrogens is 371 g/mol. The molecule has 142 valence electrons. The molecular formula is C17H19FN6O2S. The van der Waals surface area contributed by atoms with E-state index in [4.69, 9.17) is 4.74 Å². The van der Waals surface area contributed by atoms with Crippen LogP contribution in [-0.2, 0) is 11.3 Å². The number of rotatable bonds is 5. The molecule has 0 bridgehead atoms. The van der Waals surface area contributed by atoms with Crippen LogP contribution in [0.4, 0.5) is 9.52 Å². The van der Waals surface area contributed by atoms with Gasteiger partial charge in [0, 0.05) is 50.8 Å². The molecule has 4 heterocycles. The molecule has 1 fully saturated rings. The minimum atomic E-state index is -0.534. The summed E-state index contributed by atoms with van der Waals surface area (Å²) in [6.07, 6.45) is 4.29. The van der Waals surface area contributed by atoms with E-state index in [1.165, 1.54) is 6.92 Å². The predicted octanol–water partition coefficient (Wildman–Crippen LogP) is 2.33. The van der Waals surface area contributed by atoms with Crippen molar-refractivity contribution in [2.24, 2.45) is 0 Å². The van der Waals surface area contributed by atoms with Crippen LogP contribution in [0.2, 0.25) is 0 Å². The number of carbonyl (C=O) groups is 1. The van der Waals surface area contributed by atoms with Crippen molar-refractivity contribution in [1.82, 2.24) is 24.5 Å². The Morgan fingerprint density at radius 2 is 2.30 bits per heavy atom. The van der Waals surface area contributed by atoms with Crippen LogP contribution in [0.3, 0.4) is 0 Å². The van der Waals surface area contributed by atoms with Gasteiger partial charge in [0.1, 0.15) is 6.10 Å². The van der Waals surface area contributed by atoms with Crippen molar-refractivity contribution in [3.8, 4) is 5.88 Å². The molecule has 1 aliphatic rings. The zero-order chi connectivity index (χ0) is 19.0. The number of fused-ring (bicyclic) bond motifs is 1. The van der Waals surface area contributed by atoms with Crippen molar-refractivity contribution < 1.29 is 13.9 Å². The number of likely N-dealkylation sites (tertiary alicyclic amines) is 1. The highest BCUT2D eigenvalue weighted by Crippen LogP contribution is 2.28. The third-order valence-electron chi connectivity index (χ3n) is 4.46. The second-order valence-corrected chi connectivity index (χ2v) is 7.65. The first-order chi connectivity index (χ1) is 13.0. The number of aromatic nitrogens is 4. The van der Waals surface area contributed by atoms with Crippen LogP contribution in [0.15, 0.2) is 24.5 Å². The molecule has 0 saturated carbocycles. The summed E-state index contributed by atoms with van der Waals surface area (Å²) in [5.41, 5.74) is 0.729. The van der Waals surface area contributed by atoms with Crippen LogP contribution >= 0.6 is 11.3 Å². The molecule has 0 aromatic carbocycles. The van der Waals surface area contributed by atoms with E-state index >= 15 is 0 Å². The van der Waals surface area contributed by atoms with Crippen LogP contribution in [0.25, 0.3) is 5.65 Å². The van der Waals surface area contributed by atoms with Gasteiger partial charge in [0.25, 0.3) is 0 Å². The normalized spacial score (nSPS) is 20.3. The molecule has 27 heavy (non-hydrogen) atoms. The smallest absolute Gasteiger partial charge is 0.230 e. The zero-order valence-electron chi connectivity index (χ0n) is 14.9. The maximum Gasteiger partial charge on any atom is 0.230 e. The van der Waals surface area contributed by atoms with Crippen molar-refractivity contribution in [3.05, 3.63) is 35.4 Å². The van der Waals surface area contributed by atoms with Gasteiger partial charge in [-0.3, -0.25) is 9.69 Å². The molecule has 0 spiro atoms. The molecule has 8 nitrogen and oxygen atoms in total. The van der Waals surface area contributed by atoms with E-state index in [1.54, 1.807) is 16.8 Å². The van der Waals surface area contributed by atoms with Crippen molar-refractivity contribution in [2.45, 2.75) is 39.0 Å². The maximum atomic E-state index is 14.1. The van der Waals surface area contributed by atoms with Gasteiger partial charge in [-0.15, -0.1) is 0 Å². The minimum Gasteiger partial charge on any atom is -0.473 e. The van der Waals surface area contributed by atoms with E-state index in [0.717, 1.165) is 23.4 Å². The second-order valence-electron chi connectivity index (χ2n) is 6.57. The highest BCUT2D eigenvalue weighted by atomic mass is 32.1. The number of nitrogens with zero attached hydrogens (tertiary/aromatic N) is 5. The topological polar surface area (TPSA) is 84.7 Å². The summed E-state index contributed by atoms with van der Waals surface area (Å²) in [4.78, 5) is 22.0. The van der Waals surface area contributed by atoms with Gasteiger partial charge in [-0.05, 0) is 6.92 Å². The van der Waals surface area contributed by atoms with Gasteiger partial charge in [-0.25, -0.2) is 4.52 Å². The third-order valence-corrected chi connectivity index (χ3v) is 5.40. The van der Waals surface area contributed by atoms with Crippen molar-refractivity contribution in [2.75, 3.05) is 11.9 Å². The van der Waals surface area contributed by atoms with Gasteiger partial charge in [-0.1, -0.05) is 11.3 Å². The number of anilines is 1. The predicted molar refractivity (Wildman–Crippen MR) is 98.3 cm³/mol. The highest BCUT2D eigenvalue weighted by Gasteiger charge is 2.32. The van der Waals surface area contributed by atoms with Crippen molar-refractivity contribution in [3.63, 3.8) is 0 Å². The van der Waals surface area contributed by atoms with Crippen LogP contribution in [0, 0.1) is 5.95 Å². The van der Waals surface area contributed by atoms with E-state index in [9.17, 15) is 9.18 Å². The summed E-state index contributed by atoms with van der Waals surface area (Å²) < 4.78 is 21.8. The number of thiazole rings is 1. The lowest BCUT2D eigenvalue weighted by molar-refractivity contribution is -0.114. The van der Waals surface area contributed by atoms with Crippen LogP contribution < -0.4 is 10.1 Å². The fourth-order valence-electron chi connectivity index (χ4n) is 3.20. The fourth-order valence-corrected chi connectivity index (χ4v) is 4.12. The molecule has 3 aromatic rings. The van der Waals surface area contributed by atoms with Crippen LogP contribution in [0.1, 0.15) is 25.1 Å². The van der Waals surface area contributed by atoms with E-state index in [2.05, 4.69) is 32.2 Å². The van der Waals surface area contributed by atoms with Crippen molar-refractivity contribution in [1.29, 1.82) is 0 Å². The molecule has 1 saturated heterocycles. The fraction of sp³-hybridized carbons (Fsp3) is 0.412. The quantitative estimate of drug-likeness (QED) is 0.720. The van der Waals surface area contributed by atoms with E-state index in [-0.39, 0.29) is 23.2 Å². The Hall–Kier alpha value is -2.59. The molecule has 0 aliphatic carbocycles. The number of amides is 1. The van der Waals surface area contributed by atoms with Gasteiger partial charge >= 0.3 is 0 Å². The summed E-state index contributed by atoms with van der Waals surface area (Å²) in [6, 6.07) is 3.84. The van der Waals surface area contributed by atoms with Gasteiger partial charge < -0.3 is 10.1 Å². The highest BCUT2D eigenvalue weighted by molar-refractivity contribution is 7.15. The Balaban J connectivity index is 1.40. The Morgan fingerprint density at radius 1 is 1.44 bits per heavy atom. The van der Waals surface area contributed by atoms with Crippen LogP contribution in [0.5, 0.6) is 5.88 Å². The third kappa shape index (κ3) is 3.91. The van der Waals surface area contributed by atoms with Gasteiger partial charge in [0.05, 0.1) is 11.1 Å². The second kappa shape index (κ2) is 7.20. The first-order valence-corrected chi connectivity index (χ1v) is 9.43. The molecule has 2 unspecified atom stereocenters. The first-order valence-electron chi connectivity index (χ1n) is 8.62. The molecule has 1 aliphatic heterocycles. The minimum absolute atomic E-state index is 0.0244. The van der Waals surface area contributed by atoms with Crippen LogP contribution in [-0.4, -0.2) is 49.1 Å². The Bertz CT molecular complexity index is 973. The van der Waals surface area contributed by atoms with E-state index in [1.807, 2.05) is 12.3 Å². The summed E-state index contributed by atoms with van der Waals surface area (Å²) in [6.45, 7) is 4.56. The number of ether oxygens (including phenoxy) is 1. The lowest BCUT2D eigenvalue weighted by atomic mass is 10.2. The number of halogens is 1. The number of carbonyl (C=O) groups excluding carboxylic acids is 1. The monoisotopic (exact) mass is 390 g/mol. The largest absolute Gasteiger partial charge is 0.473 e. The number of hydrogen-bond donors (Lipinski definition) is 1. The average Bonchev–Trinajstić information content (AvgIpc) is 3.28. The molecule has 2 atom stereocenters. The molecule has 0 radical (unpaired) electrons. The van der Waals surface area contributed by atoms with E-state index in [0.29, 0.717) is 23.8 Å². The Kier molecular flexibility index (Phi) is 4.75. The van der Waals surface area contributed by atoms with Gasteiger partial charge in [0.2, 0.25) is 17.7 Å². The number of nitrogens with one attached hydrogen (secondary N) is 1. The van der Waals surface area contributed by atoms with Gasteiger partial charge in [0.15, 0.2) is 10.8 Å². The standard InChI is InChI=1S/C17H19FN6O2S/c1-10-7-12(26-15-4-6-24-14(21-15)3-5-19-24)8-23(10)9-13-16(18)22-17(27-13)20-11(2)25/h3-6,10,12H,7-9H2,1-2H3,(H,20,22,25). The van der Waals surface area contributed by atoms with Gasteiger partial charge in [-0.2, -0.15) is 19.5 Å². The summed E-state index contributed by atoms with van der Waals surface area (Å²) >= 11 is 1.16. The maximum absolute atomic E-state index is 14.1. The average molecular weight is 390 g/mol. The zero-order valence-corrected chi connectivity index (χ0v) is 15.7. The molecule has 1 N–H and O–H groups in total. The summed E-state index contributed by atoms with van der Waals surface area (Å²) in [5, 5.41) is 6.93. The lowest BCUT2D eigenvalue weighted by Gasteiger charge is -2.19. The summed E-state index contributed by atoms with van der Waals surface area (Å²) in [7, 11) is 0. The van der Waals surface area contributed by atoms with Crippen molar-refractivity contribution >= 4 is 28.0 Å². The molecule has 3 aromatic heterocycles. The first kappa shape index (κ1) is 17.8. The molecule has 10 heteroatoms. The van der Waals surface area contributed by atoms with E-state index < -0.39 is 5.95 Å². The Morgan fingerprint density at radius 3 is 3.11 bits per heavy atom. The molecule has 1 amide bonds. The summed E-state index contributed by atoms with van der Waals surface area (Å²) in [5.74, 6) is -0.243. The number of hydrogen-bond acceptors (Lipinski definition) is 7. The Labute approximate surface area is 159 Å². The molecule has 4 rings (SSSR count). The lowest BCUT2D eigenvalue weighted by Crippen LogP contribution is -2.28. The SMILES string of the molecule is CC(=O)Nc1nc(F)c(CN2CC(Oc3ccn4nccc4n3)CC2C)s1.